The Morgan fingerprint density at radius 1 is 0.962 bits per heavy atom. The van der Waals surface area contributed by atoms with Gasteiger partial charge >= 0.3 is 0 Å². The first kappa shape index (κ1) is 17.6. The van der Waals surface area contributed by atoms with Gasteiger partial charge in [0, 0.05) is 18.3 Å². The van der Waals surface area contributed by atoms with Crippen LogP contribution in [0.15, 0.2) is 77.8 Å². The van der Waals surface area contributed by atoms with E-state index >= 15 is 0 Å². The van der Waals surface area contributed by atoms with Crippen LogP contribution in [0.25, 0.3) is 0 Å². The highest BCUT2D eigenvalue weighted by atomic mass is 32.2. The number of aromatic nitrogens is 1. The summed E-state index contributed by atoms with van der Waals surface area (Å²) >= 11 is 0. The molecule has 0 aliphatic heterocycles. The topological polar surface area (TPSA) is 102 Å². The molecule has 7 nitrogen and oxygen atoms in total. The molecule has 0 bridgehead atoms. The average molecular weight is 369 g/mol. The van der Waals surface area contributed by atoms with Crippen LogP contribution in [0.4, 0.5) is 11.5 Å². The van der Waals surface area contributed by atoms with Gasteiger partial charge < -0.3 is 0 Å². The highest BCUT2D eigenvalue weighted by Crippen LogP contribution is 2.19. The van der Waals surface area contributed by atoms with E-state index in [0.29, 0.717) is 6.42 Å². The summed E-state index contributed by atoms with van der Waals surface area (Å²) < 4.78 is 27.4. The lowest BCUT2D eigenvalue weighted by Crippen LogP contribution is -2.14. The molecule has 3 rings (SSSR count). The average Bonchev–Trinajstić information content (AvgIpc) is 2.63. The molecule has 0 aliphatic carbocycles. The lowest BCUT2D eigenvalue weighted by Gasteiger charge is -2.09. The Hall–Kier alpha value is -3.26. The van der Waals surface area contributed by atoms with Crippen molar-refractivity contribution in [3.05, 3.63) is 94.2 Å². The van der Waals surface area contributed by atoms with Gasteiger partial charge in [0.15, 0.2) is 0 Å². The van der Waals surface area contributed by atoms with E-state index in [2.05, 4.69) is 9.71 Å². The predicted octanol–water partition coefficient (Wildman–Crippen LogP) is 3.38. The molecular formula is C18H15N3O4S. The van der Waals surface area contributed by atoms with Crippen LogP contribution in [0.5, 0.6) is 0 Å². The molecule has 0 amide bonds. The number of benzene rings is 2. The SMILES string of the molecule is O=[N+]([O-])c1ccc(Cc2cccc(S(=O)(=O)Nc3ccccn3)c2)cc1. The molecule has 2 aromatic carbocycles. The molecule has 0 spiro atoms. The summed E-state index contributed by atoms with van der Waals surface area (Å²) in [5.74, 6) is 0.244. The first-order valence-electron chi connectivity index (χ1n) is 7.70. The van der Waals surface area contributed by atoms with Gasteiger partial charge in [-0.15, -0.1) is 0 Å². The molecular weight excluding hydrogens is 354 g/mol. The van der Waals surface area contributed by atoms with Crippen molar-refractivity contribution in [2.24, 2.45) is 0 Å². The minimum Gasteiger partial charge on any atom is -0.263 e. The number of nitro groups is 1. The molecule has 0 radical (unpaired) electrons. The molecule has 132 valence electrons. The van der Waals surface area contributed by atoms with Crippen LogP contribution in [0.2, 0.25) is 0 Å². The molecule has 0 fully saturated rings. The highest BCUT2D eigenvalue weighted by Gasteiger charge is 2.15. The minimum atomic E-state index is -3.75. The summed E-state index contributed by atoms with van der Waals surface area (Å²) in [4.78, 5) is 14.3. The fourth-order valence-corrected chi connectivity index (χ4v) is 3.49. The zero-order valence-corrected chi connectivity index (χ0v) is 14.4. The number of pyridine rings is 1. The van der Waals surface area contributed by atoms with Crippen LogP contribution < -0.4 is 4.72 Å². The van der Waals surface area contributed by atoms with Gasteiger partial charge in [-0.1, -0.05) is 30.3 Å². The van der Waals surface area contributed by atoms with Gasteiger partial charge in [-0.2, -0.15) is 0 Å². The molecule has 0 atom stereocenters. The van der Waals surface area contributed by atoms with Crippen molar-refractivity contribution in [1.29, 1.82) is 0 Å². The van der Waals surface area contributed by atoms with Crippen LogP contribution in [0.3, 0.4) is 0 Å². The maximum atomic E-state index is 12.5. The van der Waals surface area contributed by atoms with Crippen LogP contribution in [-0.4, -0.2) is 18.3 Å². The summed E-state index contributed by atoms with van der Waals surface area (Å²) in [6.45, 7) is 0. The van der Waals surface area contributed by atoms with Gasteiger partial charge in [0.05, 0.1) is 9.82 Å². The number of rotatable bonds is 6. The summed E-state index contributed by atoms with van der Waals surface area (Å²) in [5.41, 5.74) is 1.65. The van der Waals surface area contributed by atoms with E-state index in [1.54, 1.807) is 48.5 Å². The molecule has 0 aliphatic rings. The van der Waals surface area contributed by atoms with Crippen molar-refractivity contribution in [1.82, 2.24) is 4.98 Å². The Bertz CT molecular complexity index is 1020. The van der Waals surface area contributed by atoms with Crippen molar-refractivity contribution in [2.75, 3.05) is 4.72 Å². The van der Waals surface area contributed by atoms with E-state index in [4.69, 9.17) is 0 Å². The molecule has 0 saturated heterocycles. The Labute approximate surface area is 150 Å². The first-order valence-corrected chi connectivity index (χ1v) is 9.18. The standard InChI is InChI=1S/C18H15N3O4S/c22-21(23)16-9-7-14(8-10-16)12-15-4-3-5-17(13-15)26(24,25)20-18-6-1-2-11-19-18/h1-11,13H,12H2,(H,19,20). The maximum absolute atomic E-state index is 12.5. The number of nitrogens with zero attached hydrogens (tertiary/aromatic N) is 2. The monoisotopic (exact) mass is 369 g/mol. The van der Waals surface area contributed by atoms with Crippen molar-refractivity contribution < 1.29 is 13.3 Å². The molecule has 26 heavy (non-hydrogen) atoms. The fraction of sp³-hybridized carbons (Fsp3) is 0.0556. The third kappa shape index (κ3) is 4.22. The molecule has 1 N–H and O–H groups in total. The molecule has 8 heteroatoms. The molecule has 1 heterocycles. The minimum absolute atomic E-state index is 0.0182. The third-order valence-corrected chi connectivity index (χ3v) is 5.02. The largest absolute Gasteiger partial charge is 0.269 e. The number of nitro benzene ring substituents is 1. The third-order valence-electron chi connectivity index (χ3n) is 3.67. The molecule has 1 aromatic heterocycles. The molecule has 0 unspecified atom stereocenters. The maximum Gasteiger partial charge on any atom is 0.269 e. The van der Waals surface area contributed by atoms with E-state index in [1.165, 1.54) is 24.4 Å². The van der Waals surface area contributed by atoms with Crippen LogP contribution >= 0.6 is 0 Å². The lowest BCUT2D eigenvalue weighted by atomic mass is 10.0. The summed E-state index contributed by atoms with van der Waals surface area (Å²) in [7, 11) is -3.75. The van der Waals surface area contributed by atoms with E-state index in [-0.39, 0.29) is 16.4 Å². The highest BCUT2D eigenvalue weighted by molar-refractivity contribution is 7.92. The fourth-order valence-electron chi connectivity index (χ4n) is 2.41. The van der Waals surface area contributed by atoms with Gasteiger partial charge in [-0.3, -0.25) is 14.8 Å². The van der Waals surface area contributed by atoms with Gasteiger partial charge in [0.2, 0.25) is 0 Å². The lowest BCUT2D eigenvalue weighted by molar-refractivity contribution is -0.384. The normalized spacial score (nSPS) is 11.1. The van der Waals surface area contributed by atoms with Gasteiger partial charge in [-0.25, -0.2) is 13.4 Å². The number of hydrogen-bond acceptors (Lipinski definition) is 5. The van der Waals surface area contributed by atoms with Gasteiger partial charge in [0.25, 0.3) is 15.7 Å². The number of sulfonamides is 1. The second-order valence-corrected chi connectivity index (χ2v) is 7.25. The van der Waals surface area contributed by atoms with E-state index in [1.807, 2.05) is 0 Å². The Kier molecular flexibility index (Phi) is 4.94. The van der Waals surface area contributed by atoms with Crippen molar-refractivity contribution in [2.45, 2.75) is 11.3 Å². The Morgan fingerprint density at radius 3 is 2.38 bits per heavy atom. The van der Waals surface area contributed by atoms with E-state index in [0.717, 1.165) is 11.1 Å². The quantitative estimate of drug-likeness (QED) is 0.530. The van der Waals surface area contributed by atoms with Crippen molar-refractivity contribution in [3.63, 3.8) is 0 Å². The van der Waals surface area contributed by atoms with Crippen LogP contribution in [-0.2, 0) is 16.4 Å². The van der Waals surface area contributed by atoms with Crippen molar-refractivity contribution >= 4 is 21.5 Å². The smallest absolute Gasteiger partial charge is 0.263 e. The van der Waals surface area contributed by atoms with Gasteiger partial charge in [0.1, 0.15) is 5.82 Å². The van der Waals surface area contributed by atoms with Crippen molar-refractivity contribution in [3.8, 4) is 0 Å². The summed E-state index contributed by atoms with van der Waals surface area (Å²) in [5, 5.41) is 10.7. The van der Waals surface area contributed by atoms with E-state index < -0.39 is 14.9 Å². The number of hydrogen-bond donors (Lipinski definition) is 1. The van der Waals surface area contributed by atoms with Crippen LogP contribution in [0.1, 0.15) is 11.1 Å². The molecule has 0 saturated carbocycles. The van der Waals surface area contributed by atoms with Gasteiger partial charge in [-0.05, 0) is 41.8 Å². The zero-order valence-electron chi connectivity index (χ0n) is 13.6. The second-order valence-electron chi connectivity index (χ2n) is 5.57. The number of nitrogens with one attached hydrogen (secondary N) is 1. The van der Waals surface area contributed by atoms with Crippen LogP contribution in [0, 0.1) is 10.1 Å². The Morgan fingerprint density at radius 2 is 1.73 bits per heavy atom. The summed E-state index contributed by atoms with van der Waals surface area (Å²) in [6, 6.07) is 17.7. The first-order chi connectivity index (χ1) is 12.4. The Balaban J connectivity index is 1.80. The van der Waals surface area contributed by atoms with E-state index in [9.17, 15) is 18.5 Å². The summed E-state index contributed by atoms with van der Waals surface area (Å²) in [6.07, 6.45) is 1.97. The predicted molar refractivity (Wildman–Crippen MR) is 97.4 cm³/mol. The molecule has 3 aromatic rings. The second kappa shape index (κ2) is 7.32. The number of anilines is 1. The zero-order chi connectivity index (χ0) is 18.6. The number of non-ortho nitro benzene ring substituents is 1.